The number of amidine groups is 2. The van der Waals surface area contributed by atoms with Crippen LogP contribution in [-0.4, -0.2) is 33.1 Å². The number of hydrazone groups is 1. The Morgan fingerprint density at radius 2 is 1.77 bits per heavy atom. The maximum Gasteiger partial charge on any atom is 0.441 e. The minimum Gasteiger partial charge on any atom is -0.489 e. The smallest absolute Gasteiger partial charge is 0.441 e. The number of aliphatic imine (C=N–C) groups is 1. The van der Waals surface area contributed by atoms with Crippen LogP contribution in [0.2, 0.25) is 0 Å². The summed E-state index contributed by atoms with van der Waals surface area (Å²) >= 11 is 0.218. The molecule has 4 rings (SSSR count). The van der Waals surface area contributed by atoms with Crippen molar-refractivity contribution in [1.29, 1.82) is 5.41 Å². The molecule has 160 valence electrons. The lowest BCUT2D eigenvalue weighted by molar-refractivity contribution is -0.114. The number of carbonyl (C=O) groups excluding carboxylic acids is 1. The number of nitrogens with one attached hydrogen (secondary N) is 1. The lowest BCUT2D eigenvalue weighted by atomic mass is 10.1. The summed E-state index contributed by atoms with van der Waals surface area (Å²) in [5.74, 6) is -0.635. The predicted octanol–water partition coefficient (Wildman–Crippen LogP) is 4.87. The number of carbonyl (C=O) groups is 1. The maximum absolute atomic E-state index is 12.9. The third-order valence-electron chi connectivity index (χ3n) is 4.14. The second kappa shape index (κ2) is 8.94. The van der Waals surface area contributed by atoms with Gasteiger partial charge in [0.25, 0.3) is 5.91 Å². The number of hydrogen-bond donors (Lipinski definition) is 1. The quantitative estimate of drug-likeness (QED) is 0.652. The molecule has 0 unspecified atom stereocenters. The Balaban J connectivity index is 0.00000272. The highest BCUT2D eigenvalue weighted by Gasteiger charge is 2.46. The molecular formula is C20H14ClF3N4O2S. The van der Waals surface area contributed by atoms with Gasteiger partial charge in [-0.05, 0) is 41.1 Å². The molecule has 2 aromatic rings. The monoisotopic (exact) mass is 466 g/mol. The van der Waals surface area contributed by atoms with E-state index in [0.29, 0.717) is 17.9 Å². The molecule has 6 nitrogen and oxygen atoms in total. The summed E-state index contributed by atoms with van der Waals surface area (Å²) in [4.78, 5) is 15.9. The van der Waals surface area contributed by atoms with Gasteiger partial charge in [-0.1, -0.05) is 42.5 Å². The van der Waals surface area contributed by atoms with Crippen molar-refractivity contribution < 1.29 is 22.7 Å². The zero-order valence-electron chi connectivity index (χ0n) is 15.6. The summed E-state index contributed by atoms with van der Waals surface area (Å²) in [6.07, 6.45) is -3.29. The Hall–Kier alpha value is -3.11. The second-order valence-electron chi connectivity index (χ2n) is 6.27. The van der Waals surface area contributed by atoms with Gasteiger partial charge in [-0.2, -0.15) is 28.3 Å². The molecule has 0 radical (unpaired) electrons. The molecule has 0 atom stereocenters. The lowest BCUT2D eigenvalue weighted by Gasteiger charge is -2.20. The number of nitrogens with zero attached hydrogens (tertiary/aromatic N) is 3. The molecule has 0 saturated carbocycles. The Morgan fingerprint density at radius 1 is 1.10 bits per heavy atom. The maximum atomic E-state index is 12.9. The minimum atomic E-state index is -4.67. The van der Waals surface area contributed by atoms with Crippen LogP contribution >= 0.6 is 24.2 Å². The summed E-state index contributed by atoms with van der Waals surface area (Å²) in [6, 6.07) is 16.4. The van der Waals surface area contributed by atoms with Crippen LogP contribution in [0.5, 0.6) is 5.75 Å². The molecule has 0 bridgehead atoms. The van der Waals surface area contributed by atoms with E-state index in [9.17, 15) is 18.0 Å². The molecule has 1 N–H and O–H groups in total. The predicted molar refractivity (Wildman–Crippen MR) is 116 cm³/mol. The van der Waals surface area contributed by atoms with E-state index in [0.717, 1.165) is 10.6 Å². The van der Waals surface area contributed by atoms with Crippen LogP contribution in [0.15, 0.2) is 70.3 Å². The van der Waals surface area contributed by atoms with Crippen molar-refractivity contribution in [3.8, 4) is 5.75 Å². The van der Waals surface area contributed by atoms with Crippen LogP contribution in [0, 0.1) is 5.41 Å². The van der Waals surface area contributed by atoms with E-state index in [2.05, 4.69) is 10.1 Å². The normalized spacial score (nSPS) is 17.1. The zero-order valence-corrected chi connectivity index (χ0v) is 17.2. The second-order valence-corrected chi connectivity index (χ2v) is 7.22. The highest BCUT2D eigenvalue weighted by molar-refractivity contribution is 8.27. The molecule has 11 heteroatoms. The molecule has 2 aliphatic rings. The highest BCUT2D eigenvalue weighted by Crippen LogP contribution is 2.35. The number of benzene rings is 2. The van der Waals surface area contributed by atoms with Gasteiger partial charge in [0.2, 0.25) is 10.2 Å². The molecule has 31 heavy (non-hydrogen) atoms. The summed E-state index contributed by atoms with van der Waals surface area (Å²) in [5.41, 5.74) is 1.44. The van der Waals surface area contributed by atoms with Gasteiger partial charge in [-0.3, -0.25) is 10.2 Å². The number of amides is 1. The van der Waals surface area contributed by atoms with Gasteiger partial charge in [0.15, 0.2) is 5.84 Å². The third-order valence-corrected chi connectivity index (χ3v) is 5.09. The molecule has 0 saturated heterocycles. The van der Waals surface area contributed by atoms with E-state index in [1.807, 2.05) is 30.3 Å². The first-order valence-corrected chi connectivity index (χ1v) is 9.47. The molecule has 0 aliphatic carbocycles. The van der Waals surface area contributed by atoms with Crippen LogP contribution in [0.1, 0.15) is 11.1 Å². The van der Waals surface area contributed by atoms with E-state index < -0.39 is 23.0 Å². The van der Waals surface area contributed by atoms with Crippen LogP contribution in [-0.2, 0) is 11.4 Å². The lowest BCUT2D eigenvalue weighted by Crippen LogP contribution is -2.35. The van der Waals surface area contributed by atoms with Crippen molar-refractivity contribution in [3.05, 3.63) is 71.3 Å². The number of halogens is 4. The van der Waals surface area contributed by atoms with Crippen LogP contribution in [0.25, 0.3) is 6.08 Å². The number of alkyl halides is 3. The fourth-order valence-corrected chi connectivity index (χ4v) is 3.43. The van der Waals surface area contributed by atoms with Gasteiger partial charge >= 0.3 is 6.18 Å². The largest absolute Gasteiger partial charge is 0.489 e. The molecule has 2 aromatic carbocycles. The van der Waals surface area contributed by atoms with E-state index in [1.165, 1.54) is 6.08 Å². The fraction of sp³-hybridized carbons (Fsp3) is 0.100. The van der Waals surface area contributed by atoms with Crippen molar-refractivity contribution in [2.24, 2.45) is 10.1 Å². The number of ether oxygens (including phenoxy) is 1. The molecule has 0 spiro atoms. The zero-order chi connectivity index (χ0) is 21.3. The number of hydrogen-bond acceptors (Lipinski definition) is 5. The molecule has 0 fully saturated rings. The van der Waals surface area contributed by atoms with Crippen LogP contribution < -0.4 is 4.74 Å². The number of thioether (sulfide) groups is 1. The van der Waals surface area contributed by atoms with Crippen molar-refractivity contribution in [2.45, 2.75) is 12.8 Å². The average Bonchev–Trinajstić information content (AvgIpc) is 3.16. The number of rotatable bonds is 4. The summed E-state index contributed by atoms with van der Waals surface area (Å²) < 4.78 is 44.3. The molecule has 2 aliphatic heterocycles. The van der Waals surface area contributed by atoms with Crippen molar-refractivity contribution >= 4 is 52.2 Å². The first-order valence-electron chi connectivity index (χ1n) is 8.65. The van der Waals surface area contributed by atoms with Crippen LogP contribution in [0.3, 0.4) is 0 Å². The van der Waals surface area contributed by atoms with Gasteiger partial charge in [0, 0.05) is 0 Å². The third kappa shape index (κ3) is 4.97. The molecular weight excluding hydrogens is 453 g/mol. The van der Waals surface area contributed by atoms with E-state index in [-0.39, 0.29) is 34.9 Å². The van der Waals surface area contributed by atoms with Crippen molar-refractivity contribution in [3.63, 3.8) is 0 Å². The Bertz CT molecular complexity index is 1100. The standard InChI is InChI=1S/C20H13F3N4O2S.ClH/c21-20(22,23)18-26-27-16(24)15(17(28)25-19(27)30-18)10-12-6-8-14(9-7-12)29-11-13-4-2-1-3-5-13;/h1-10,24H,11H2;1H/b15-10-,24-16?;. The highest BCUT2D eigenvalue weighted by atomic mass is 35.5. The SMILES string of the molecule is Cl.N=C1/C(=C/c2ccc(OCc3ccccc3)cc2)C(=O)N=C2SC(C(F)(F)F)=NN12. The minimum absolute atomic E-state index is 0. The van der Waals surface area contributed by atoms with Crippen LogP contribution in [0.4, 0.5) is 13.2 Å². The van der Waals surface area contributed by atoms with Gasteiger partial charge < -0.3 is 4.74 Å². The first kappa shape index (κ1) is 22.6. The Labute approximate surface area is 185 Å². The first-order chi connectivity index (χ1) is 14.3. The summed E-state index contributed by atoms with van der Waals surface area (Å²) in [6.45, 7) is 0.397. The Morgan fingerprint density at radius 3 is 2.42 bits per heavy atom. The van der Waals surface area contributed by atoms with Gasteiger partial charge in [-0.15, -0.1) is 12.4 Å². The van der Waals surface area contributed by atoms with E-state index >= 15 is 0 Å². The topological polar surface area (TPSA) is 78.1 Å². The van der Waals surface area contributed by atoms with Crippen molar-refractivity contribution in [2.75, 3.05) is 0 Å². The van der Waals surface area contributed by atoms with E-state index in [4.69, 9.17) is 10.1 Å². The van der Waals surface area contributed by atoms with E-state index in [1.54, 1.807) is 24.3 Å². The average molecular weight is 467 g/mol. The Kier molecular flexibility index (Phi) is 6.51. The fourth-order valence-electron chi connectivity index (χ4n) is 2.67. The molecule has 0 aromatic heterocycles. The molecule has 2 heterocycles. The number of fused-ring (bicyclic) bond motifs is 1. The van der Waals surface area contributed by atoms with Crippen molar-refractivity contribution in [1.82, 2.24) is 5.01 Å². The summed E-state index contributed by atoms with van der Waals surface area (Å²) in [7, 11) is 0. The summed E-state index contributed by atoms with van der Waals surface area (Å²) in [5, 5.41) is 10.7. The van der Waals surface area contributed by atoms with Gasteiger partial charge in [-0.25, -0.2) is 0 Å². The molecule has 1 amide bonds. The van der Waals surface area contributed by atoms with Gasteiger partial charge in [0.1, 0.15) is 12.4 Å². The van der Waals surface area contributed by atoms with Gasteiger partial charge in [0.05, 0.1) is 5.57 Å².